The van der Waals surface area contributed by atoms with Crippen molar-refractivity contribution in [1.82, 2.24) is 10.2 Å². The van der Waals surface area contributed by atoms with Crippen LogP contribution in [0.25, 0.3) is 0 Å². The highest BCUT2D eigenvalue weighted by molar-refractivity contribution is 7.94. The molecule has 0 radical (unpaired) electrons. The Morgan fingerprint density at radius 3 is 2.43 bits per heavy atom. The van der Waals surface area contributed by atoms with E-state index in [2.05, 4.69) is 10.2 Å². The number of rotatable bonds is 4. The van der Waals surface area contributed by atoms with Gasteiger partial charge in [0, 0.05) is 17.5 Å². The molecule has 124 valence electrons. The van der Waals surface area contributed by atoms with Gasteiger partial charge in [0.25, 0.3) is 5.91 Å². The molecule has 1 unspecified atom stereocenters. The van der Waals surface area contributed by atoms with Crippen molar-refractivity contribution in [2.24, 2.45) is 0 Å². The summed E-state index contributed by atoms with van der Waals surface area (Å²) in [4.78, 5) is 14.6. The van der Waals surface area contributed by atoms with E-state index in [0.717, 1.165) is 19.6 Å². The first-order valence-corrected chi connectivity index (χ1v) is 9.76. The fraction of sp³-hybridized carbons (Fsp3) is 0.471. The number of benzene rings is 1. The van der Waals surface area contributed by atoms with Gasteiger partial charge in [0.05, 0.1) is 11.8 Å². The van der Waals surface area contributed by atoms with E-state index in [0.29, 0.717) is 5.56 Å². The molecule has 5 nitrogen and oxygen atoms in total. The largest absolute Gasteiger partial charge is 0.345 e. The lowest BCUT2D eigenvalue weighted by Crippen LogP contribution is -2.35. The lowest BCUT2D eigenvalue weighted by molar-refractivity contribution is 0.0947. The molecule has 1 atom stereocenters. The molecular weight excluding hydrogens is 312 g/mol. The van der Waals surface area contributed by atoms with Crippen molar-refractivity contribution < 1.29 is 13.2 Å². The lowest BCUT2D eigenvalue weighted by atomic mass is 10.1. The molecule has 1 amide bonds. The minimum absolute atomic E-state index is 0.0498. The van der Waals surface area contributed by atoms with E-state index in [1.165, 1.54) is 36.3 Å². The molecule has 0 aromatic heterocycles. The van der Waals surface area contributed by atoms with Gasteiger partial charge in [0.15, 0.2) is 9.84 Å². The highest BCUT2D eigenvalue weighted by atomic mass is 32.2. The molecule has 6 heteroatoms. The Kier molecular flexibility index (Phi) is 4.82. The third kappa shape index (κ3) is 4.42. The monoisotopic (exact) mass is 334 g/mol. The Hall–Kier alpha value is -1.66. The molecule has 0 bridgehead atoms. The Balaban J connectivity index is 1.56. The molecule has 2 heterocycles. The van der Waals surface area contributed by atoms with Gasteiger partial charge in [-0.15, -0.1) is 0 Å². The van der Waals surface area contributed by atoms with Crippen LogP contribution in [-0.4, -0.2) is 44.1 Å². The van der Waals surface area contributed by atoms with Crippen molar-refractivity contribution in [1.29, 1.82) is 0 Å². The molecule has 1 fully saturated rings. The maximum absolute atomic E-state index is 12.2. The van der Waals surface area contributed by atoms with Crippen LogP contribution in [-0.2, 0) is 16.4 Å². The van der Waals surface area contributed by atoms with Gasteiger partial charge >= 0.3 is 0 Å². The highest BCUT2D eigenvalue weighted by Crippen LogP contribution is 2.14. The number of hydrogen-bond acceptors (Lipinski definition) is 4. The van der Waals surface area contributed by atoms with E-state index in [4.69, 9.17) is 0 Å². The average Bonchev–Trinajstić information content (AvgIpc) is 2.88. The SMILES string of the molecule is O=C(NC1C=CS(=O)(=O)C1)c1ccc(CN2CCCCC2)cc1. The van der Waals surface area contributed by atoms with E-state index >= 15 is 0 Å². The number of amides is 1. The summed E-state index contributed by atoms with van der Waals surface area (Å²) in [6, 6.07) is 7.14. The fourth-order valence-corrected chi connectivity index (χ4v) is 4.29. The molecule has 1 N–H and O–H groups in total. The molecule has 23 heavy (non-hydrogen) atoms. The molecule has 0 aliphatic carbocycles. The molecule has 3 rings (SSSR count). The predicted octanol–water partition coefficient (Wildman–Crippen LogP) is 1.71. The van der Waals surface area contributed by atoms with Crippen LogP contribution < -0.4 is 5.32 Å². The van der Waals surface area contributed by atoms with Gasteiger partial charge in [-0.25, -0.2) is 8.42 Å². The summed E-state index contributed by atoms with van der Waals surface area (Å²) >= 11 is 0. The molecule has 1 saturated heterocycles. The van der Waals surface area contributed by atoms with Gasteiger partial charge in [-0.3, -0.25) is 9.69 Å². The van der Waals surface area contributed by atoms with Gasteiger partial charge in [-0.2, -0.15) is 0 Å². The van der Waals surface area contributed by atoms with Crippen LogP contribution in [0.3, 0.4) is 0 Å². The van der Waals surface area contributed by atoms with E-state index in [-0.39, 0.29) is 11.7 Å². The first-order chi connectivity index (χ1) is 11.0. The Morgan fingerprint density at radius 1 is 1.13 bits per heavy atom. The van der Waals surface area contributed by atoms with E-state index in [1.54, 1.807) is 0 Å². The van der Waals surface area contributed by atoms with Gasteiger partial charge in [-0.05, 0) is 49.7 Å². The first-order valence-electron chi connectivity index (χ1n) is 8.05. The number of likely N-dealkylation sites (tertiary alicyclic amines) is 1. The van der Waals surface area contributed by atoms with Crippen molar-refractivity contribution in [3.05, 3.63) is 46.9 Å². The Morgan fingerprint density at radius 2 is 1.83 bits per heavy atom. The molecule has 2 aliphatic heterocycles. The van der Waals surface area contributed by atoms with Gasteiger partial charge in [0.2, 0.25) is 0 Å². The van der Waals surface area contributed by atoms with Gasteiger partial charge in [-0.1, -0.05) is 18.6 Å². The third-order valence-electron chi connectivity index (χ3n) is 4.32. The molecular formula is C17H22N2O3S. The van der Waals surface area contributed by atoms with Crippen LogP contribution in [0, 0.1) is 0 Å². The lowest BCUT2D eigenvalue weighted by Gasteiger charge is -2.26. The molecule has 1 aromatic carbocycles. The van der Waals surface area contributed by atoms with Crippen molar-refractivity contribution >= 4 is 15.7 Å². The number of nitrogens with one attached hydrogen (secondary N) is 1. The number of nitrogens with zero attached hydrogens (tertiary/aromatic N) is 1. The topological polar surface area (TPSA) is 66.5 Å². The quantitative estimate of drug-likeness (QED) is 0.910. The maximum atomic E-state index is 12.2. The second-order valence-corrected chi connectivity index (χ2v) is 8.20. The van der Waals surface area contributed by atoms with Crippen molar-refractivity contribution in [3.63, 3.8) is 0 Å². The number of hydrogen-bond donors (Lipinski definition) is 1. The van der Waals surface area contributed by atoms with Crippen LogP contribution >= 0.6 is 0 Å². The molecule has 0 saturated carbocycles. The maximum Gasteiger partial charge on any atom is 0.251 e. The smallest absolute Gasteiger partial charge is 0.251 e. The summed E-state index contributed by atoms with van der Waals surface area (Å²) in [6.45, 7) is 3.21. The standard InChI is InChI=1S/C17H22N2O3S/c20-17(18-16-8-11-23(21,22)13-16)15-6-4-14(5-7-15)12-19-9-2-1-3-10-19/h4-8,11,16H,1-3,9-10,12-13H2,(H,18,20). The Labute approximate surface area is 137 Å². The average molecular weight is 334 g/mol. The highest BCUT2D eigenvalue weighted by Gasteiger charge is 2.23. The second kappa shape index (κ2) is 6.84. The van der Waals surface area contributed by atoms with Crippen LogP contribution in [0.1, 0.15) is 35.2 Å². The van der Waals surface area contributed by atoms with E-state index < -0.39 is 15.9 Å². The fourth-order valence-electron chi connectivity index (χ4n) is 3.05. The summed E-state index contributed by atoms with van der Waals surface area (Å²) < 4.78 is 22.7. The summed E-state index contributed by atoms with van der Waals surface area (Å²) in [5.41, 5.74) is 1.76. The number of sulfone groups is 1. The van der Waals surface area contributed by atoms with Crippen LogP contribution in [0.4, 0.5) is 0 Å². The van der Waals surface area contributed by atoms with Crippen molar-refractivity contribution in [2.75, 3.05) is 18.8 Å². The zero-order chi connectivity index (χ0) is 16.3. The summed E-state index contributed by atoms with van der Waals surface area (Å²) in [7, 11) is -3.15. The first kappa shape index (κ1) is 16.2. The molecule has 1 aromatic rings. The second-order valence-electron chi connectivity index (χ2n) is 6.27. The summed E-state index contributed by atoms with van der Waals surface area (Å²) in [5, 5.41) is 3.90. The minimum Gasteiger partial charge on any atom is -0.345 e. The van der Waals surface area contributed by atoms with Crippen molar-refractivity contribution in [3.8, 4) is 0 Å². The number of piperidine rings is 1. The summed E-state index contributed by atoms with van der Waals surface area (Å²) in [6.07, 6.45) is 5.37. The number of carbonyl (C=O) groups excluding carboxylic acids is 1. The van der Waals surface area contributed by atoms with Crippen LogP contribution in [0.2, 0.25) is 0 Å². The van der Waals surface area contributed by atoms with E-state index in [1.807, 2.05) is 24.3 Å². The molecule has 2 aliphatic rings. The molecule has 0 spiro atoms. The number of carbonyl (C=O) groups is 1. The summed E-state index contributed by atoms with van der Waals surface area (Å²) in [5.74, 6) is -0.285. The minimum atomic E-state index is -3.15. The Bertz CT molecular complexity index is 689. The normalized spacial score (nSPS) is 23.7. The van der Waals surface area contributed by atoms with Crippen molar-refractivity contribution in [2.45, 2.75) is 31.8 Å². The predicted molar refractivity (Wildman–Crippen MR) is 89.8 cm³/mol. The zero-order valence-electron chi connectivity index (χ0n) is 13.1. The van der Waals surface area contributed by atoms with Crippen LogP contribution in [0.5, 0.6) is 0 Å². The third-order valence-corrected chi connectivity index (χ3v) is 5.71. The van der Waals surface area contributed by atoms with Crippen LogP contribution in [0.15, 0.2) is 35.7 Å². The zero-order valence-corrected chi connectivity index (χ0v) is 13.9. The van der Waals surface area contributed by atoms with Gasteiger partial charge < -0.3 is 5.32 Å². The van der Waals surface area contributed by atoms with E-state index in [9.17, 15) is 13.2 Å². The van der Waals surface area contributed by atoms with Gasteiger partial charge in [0.1, 0.15) is 0 Å².